The van der Waals surface area contributed by atoms with Gasteiger partial charge in [-0.3, -0.25) is 14.4 Å². The van der Waals surface area contributed by atoms with Crippen LogP contribution in [0.3, 0.4) is 0 Å². The van der Waals surface area contributed by atoms with E-state index in [1.165, 1.54) is 11.3 Å². The fourth-order valence-corrected chi connectivity index (χ4v) is 3.66. The molecule has 0 saturated carbocycles. The number of carbonyl (C=O) groups is 3. The molecule has 1 fully saturated rings. The minimum Gasteiger partial charge on any atom is -0.339 e. The molecule has 0 radical (unpaired) electrons. The number of amides is 3. The lowest BCUT2D eigenvalue weighted by atomic mass is 10.2. The SMILES string of the molecule is CCN(CC)C(=O)c1ccc2nc(N3C(=O)CCC3=O)sc2c1. The van der Waals surface area contributed by atoms with Crippen LogP contribution >= 0.6 is 11.3 Å². The van der Waals surface area contributed by atoms with Gasteiger partial charge in [0, 0.05) is 31.5 Å². The summed E-state index contributed by atoms with van der Waals surface area (Å²) in [6.45, 7) is 5.18. The van der Waals surface area contributed by atoms with E-state index in [0.29, 0.717) is 29.3 Å². The summed E-state index contributed by atoms with van der Waals surface area (Å²) in [7, 11) is 0. The molecule has 1 saturated heterocycles. The lowest BCUT2D eigenvalue weighted by molar-refractivity contribution is -0.121. The molecule has 6 nitrogen and oxygen atoms in total. The third kappa shape index (κ3) is 2.72. The Balaban J connectivity index is 1.97. The summed E-state index contributed by atoms with van der Waals surface area (Å²) in [6, 6.07) is 5.28. The Morgan fingerprint density at radius 3 is 2.48 bits per heavy atom. The van der Waals surface area contributed by atoms with Crippen molar-refractivity contribution in [2.45, 2.75) is 26.7 Å². The van der Waals surface area contributed by atoms with Crippen LogP contribution in [0.4, 0.5) is 5.13 Å². The van der Waals surface area contributed by atoms with E-state index in [9.17, 15) is 14.4 Å². The molecule has 0 unspecified atom stereocenters. The summed E-state index contributed by atoms with van der Waals surface area (Å²) in [5.41, 5.74) is 1.28. The number of benzene rings is 1. The van der Waals surface area contributed by atoms with E-state index < -0.39 is 0 Å². The summed E-state index contributed by atoms with van der Waals surface area (Å²) in [5, 5.41) is 0.389. The molecule has 120 valence electrons. The van der Waals surface area contributed by atoms with Crippen LogP contribution in [0.15, 0.2) is 18.2 Å². The predicted molar refractivity (Wildman–Crippen MR) is 88.6 cm³/mol. The van der Waals surface area contributed by atoms with Gasteiger partial charge in [0.1, 0.15) is 0 Å². The molecule has 2 heterocycles. The van der Waals surface area contributed by atoms with Crippen LogP contribution in [-0.4, -0.2) is 40.7 Å². The number of rotatable bonds is 4. The average Bonchev–Trinajstić information content (AvgIpc) is 3.10. The quantitative estimate of drug-likeness (QED) is 0.807. The summed E-state index contributed by atoms with van der Waals surface area (Å²) >= 11 is 1.26. The van der Waals surface area contributed by atoms with E-state index in [1.54, 1.807) is 23.1 Å². The van der Waals surface area contributed by atoms with Crippen LogP contribution in [0.25, 0.3) is 10.2 Å². The smallest absolute Gasteiger partial charge is 0.253 e. The lowest BCUT2D eigenvalue weighted by Crippen LogP contribution is -2.30. The predicted octanol–water partition coefficient (Wildman–Crippen LogP) is 2.43. The minimum atomic E-state index is -0.214. The molecule has 7 heteroatoms. The number of carbonyl (C=O) groups excluding carboxylic acids is 3. The first-order valence-corrected chi connectivity index (χ1v) is 8.42. The Morgan fingerprint density at radius 1 is 1.22 bits per heavy atom. The number of anilines is 1. The van der Waals surface area contributed by atoms with Crippen molar-refractivity contribution in [3.8, 4) is 0 Å². The van der Waals surface area contributed by atoms with Gasteiger partial charge in [0.2, 0.25) is 11.8 Å². The molecule has 2 aromatic rings. The van der Waals surface area contributed by atoms with Crippen LogP contribution in [-0.2, 0) is 9.59 Å². The molecule has 0 aliphatic carbocycles. The normalized spacial score (nSPS) is 14.8. The van der Waals surface area contributed by atoms with Crippen molar-refractivity contribution in [2.75, 3.05) is 18.0 Å². The summed E-state index contributed by atoms with van der Waals surface area (Å²) < 4.78 is 0.797. The monoisotopic (exact) mass is 331 g/mol. The number of fused-ring (bicyclic) bond motifs is 1. The summed E-state index contributed by atoms with van der Waals surface area (Å²) in [4.78, 5) is 43.3. The van der Waals surface area contributed by atoms with Crippen LogP contribution in [0, 0.1) is 0 Å². The maximum atomic E-state index is 12.4. The molecule has 0 atom stereocenters. The third-order valence-corrected chi connectivity index (χ3v) is 4.92. The maximum Gasteiger partial charge on any atom is 0.253 e. The number of aromatic nitrogens is 1. The Kier molecular flexibility index (Phi) is 4.12. The van der Waals surface area contributed by atoms with Crippen molar-refractivity contribution < 1.29 is 14.4 Å². The molecule has 23 heavy (non-hydrogen) atoms. The zero-order chi connectivity index (χ0) is 16.6. The van der Waals surface area contributed by atoms with Crippen molar-refractivity contribution in [1.82, 2.24) is 9.88 Å². The van der Waals surface area contributed by atoms with E-state index in [4.69, 9.17) is 0 Å². The second kappa shape index (κ2) is 6.08. The van der Waals surface area contributed by atoms with Gasteiger partial charge in [-0.25, -0.2) is 9.88 Å². The third-order valence-electron chi connectivity index (χ3n) is 3.92. The van der Waals surface area contributed by atoms with E-state index in [1.807, 2.05) is 13.8 Å². The van der Waals surface area contributed by atoms with Crippen molar-refractivity contribution in [2.24, 2.45) is 0 Å². The van der Waals surface area contributed by atoms with Crippen LogP contribution in [0.5, 0.6) is 0 Å². The Hall–Kier alpha value is -2.28. The Labute approximate surface area is 137 Å². The Bertz CT molecular complexity index is 779. The first kappa shape index (κ1) is 15.6. The fourth-order valence-electron chi connectivity index (χ4n) is 2.62. The molecule has 1 aromatic heterocycles. The molecular weight excluding hydrogens is 314 g/mol. The van der Waals surface area contributed by atoms with Gasteiger partial charge in [-0.1, -0.05) is 11.3 Å². The standard InChI is InChI=1S/C16H17N3O3S/c1-3-18(4-2)15(22)10-5-6-11-12(9-10)23-16(17-11)19-13(20)7-8-14(19)21/h5-6,9H,3-4,7-8H2,1-2H3. The summed E-state index contributed by atoms with van der Waals surface area (Å²) in [5.74, 6) is -0.456. The second-order valence-electron chi connectivity index (χ2n) is 5.28. The summed E-state index contributed by atoms with van der Waals surface area (Å²) in [6.07, 6.45) is 0.473. The highest BCUT2D eigenvalue weighted by Crippen LogP contribution is 2.32. The van der Waals surface area contributed by atoms with Gasteiger partial charge in [0.05, 0.1) is 10.2 Å². The van der Waals surface area contributed by atoms with E-state index in [0.717, 1.165) is 9.60 Å². The number of imide groups is 1. The van der Waals surface area contributed by atoms with Gasteiger partial charge in [-0.05, 0) is 32.0 Å². The van der Waals surface area contributed by atoms with Gasteiger partial charge in [-0.15, -0.1) is 0 Å². The maximum absolute atomic E-state index is 12.4. The fraction of sp³-hybridized carbons (Fsp3) is 0.375. The largest absolute Gasteiger partial charge is 0.339 e. The first-order chi connectivity index (χ1) is 11.0. The molecule has 1 aliphatic rings. The van der Waals surface area contributed by atoms with Crippen LogP contribution in [0.2, 0.25) is 0 Å². The zero-order valence-electron chi connectivity index (χ0n) is 13.0. The highest BCUT2D eigenvalue weighted by atomic mass is 32.1. The van der Waals surface area contributed by atoms with Crippen molar-refractivity contribution in [3.63, 3.8) is 0 Å². The highest BCUT2D eigenvalue weighted by Gasteiger charge is 2.32. The second-order valence-corrected chi connectivity index (χ2v) is 6.29. The van der Waals surface area contributed by atoms with E-state index in [2.05, 4.69) is 4.98 Å². The van der Waals surface area contributed by atoms with Crippen molar-refractivity contribution in [1.29, 1.82) is 0 Å². The average molecular weight is 331 g/mol. The van der Waals surface area contributed by atoms with Crippen molar-refractivity contribution >= 4 is 44.4 Å². The topological polar surface area (TPSA) is 70.6 Å². The number of hydrogen-bond donors (Lipinski definition) is 0. The van der Waals surface area contributed by atoms with Crippen LogP contribution < -0.4 is 4.90 Å². The van der Waals surface area contributed by atoms with Gasteiger partial charge < -0.3 is 4.90 Å². The molecule has 0 bridgehead atoms. The van der Waals surface area contributed by atoms with Gasteiger partial charge in [0.15, 0.2) is 5.13 Å². The van der Waals surface area contributed by atoms with E-state index >= 15 is 0 Å². The number of hydrogen-bond acceptors (Lipinski definition) is 5. The van der Waals surface area contributed by atoms with Gasteiger partial charge >= 0.3 is 0 Å². The lowest BCUT2D eigenvalue weighted by Gasteiger charge is -2.18. The zero-order valence-corrected chi connectivity index (χ0v) is 13.9. The molecule has 3 amide bonds. The number of thiazole rings is 1. The molecular formula is C16H17N3O3S. The first-order valence-electron chi connectivity index (χ1n) is 7.60. The van der Waals surface area contributed by atoms with Crippen LogP contribution in [0.1, 0.15) is 37.0 Å². The van der Waals surface area contributed by atoms with Gasteiger partial charge in [-0.2, -0.15) is 0 Å². The molecule has 0 N–H and O–H groups in total. The highest BCUT2D eigenvalue weighted by molar-refractivity contribution is 7.22. The Morgan fingerprint density at radius 2 is 1.87 bits per heavy atom. The molecule has 3 rings (SSSR count). The molecule has 1 aliphatic heterocycles. The van der Waals surface area contributed by atoms with Crippen molar-refractivity contribution in [3.05, 3.63) is 23.8 Å². The van der Waals surface area contributed by atoms with E-state index in [-0.39, 0.29) is 30.6 Å². The molecule has 1 aromatic carbocycles. The van der Waals surface area contributed by atoms with Gasteiger partial charge in [0.25, 0.3) is 5.91 Å². The number of nitrogens with zero attached hydrogens (tertiary/aromatic N) is 3. The molecule has 0 spiro atoms. The minimum absolute atomic E-state index is 0.0276.